The monoisotopic (exact) mass is 170 g/mol. The number of benzene rings is 1. The third-order valence-corrected chi connectivity index (χ3v) is 1.69. The average Bonchev–Trinajstić information content (AvgIpc) is 2.18. The summed E-state index contributed by atoms with van der Waals surface area (Å²) in [5, 5.41) is 8.30. The molecule has 1 aromatic rings. The molecule has 0 heterocycles. The van der Waals surface area contributed by atoms with Gasteiger partial charge in [0.05, 0.1) is 0 Å². The third kappa shape index (κ3) is 2.34. The minimum atomic E-state index is 0.256. The highest BCUT2D eigenvalue weighted by molar-refractivity contribution is 6.52. The number of aliphatic imine (C=N–C) groups is 1. The maximum absolute atomic E-state index is 8.30. The largest absolute Gasteiger partial charge is 0.383 e. The van der Waals surface area contributed by atoms with Crippen LogP contribution in [0.3, 0.4) is 0 Å². The molecule has 63 valence electrons. The first-order valence-corrected chi connectivity index (χ1v) is 3.90. The molecule has 0 spiro atoms. The van der Waals surface area contributed by atoms with Crippen LogP contribution < -0.4 is 11.2 Å². The topological polar surface area (TPSA) is 62.2 Å². The van der Waals surface area contributed by atoms with Gasteiger partial charge < -0.3 is 5.73 Å². The van der Waals surface area contributed by atoms with E-state index in [-0.39, 0.29) is 5.84 Å². The van der Waals surface area contributed by atoms with Gasteiger partial charge in [0.25, 0.3) is 0 Å². The van der Waals surface area contributed by atoms with Crippen LogP contribution >= 0.6 is 0 Å². The molecule has 0 aliphatic carbocycles. The zero-order valence-corrected chi connectivity index (χ0v) is 7.36. The van der Waals surface area contributed by atoms with Crippen LogP contribution in [-0.2, 0) is 0 Å². The van der Waals surface area contributed by atoms with Crippen molar-refractivity contribution in [1.29, 1.82) is 5.26 Å². The maximum atomic E-state index is 8.30. The van der Waals surface area contributed by atoms with Crippen LogP contribution in [0.2, 0.25) is 6.82 Å². The minimum absolute atomic E-state index is 0.256. The summed E-state index contributed by atoms with van der Waals surface area (Å²) in [4.78, 5) is 3.46. The Balaban J connectivity index is 3.03. The summed E-state index contributed by atoms with van der Waals surface area (Å²) in [6, 6.07) is 7.55. The molecular weight excluding hydrogens is 161 g/mol. The molecule has 1 radical (unpaired) electrons. The Hall–Kier alpha value is -1.76. The molecule has 1 rings (SSSR count). The van der Waals surface area contributed by atoms with Crippen LogP contribution in [0.15, 0.2) is 29.3 Å². The molecule has 0 bridgehead atoms. The molecule has 3 nitrogen and oxygen atoms in total. The van der Waals surface area contributed by atoms with Crippen LogP contribution in [0.4, 0.5) is 0 Å². The van der Waals surface area contributed by atoms with E-state index in [1.54, 1.807) is 6.19 Å². The lowest BCUT2D eigenvalue weighted by Gasteiger charge is -2.00. The molecule has 0 unspecified atom stereocenters. The van der Waals surface area contributed by atoms with Gasteiger partial charge >= 0.3 is 0 Å². The van der Waals surface area contributed by atoms with Gasteiger partial charge in [0.15, 0.2) is 0 Å². The Morgan fingerprint density at radius 1 is 1.62 bits per heavy atom. The summed E-state index contributed by atoms with van der Waals surface area (Å²) in [5.41, 5.74) is 7.38. The number of nitrogens with zero attached hydrogens (tertiary/aromatic N) is 2. The van der Waals surface area contributed by atoms with E-state index in [4.69, 9.17) is 11.0 Å². The van der Waals surface area contributed by atoms with Crippen molar-refractivity contribution in [2.24, 2.45) is 10.7 Å². The smallest absolute Gasteiger partial charge is 0.207 e. The number of nitriles is 1. The van der Waals surface area contributed by atoms with Crippen molar-refractivity contribution in [3.05, 3.63) is 29.8 Å². The van der Waals surface area contributed by atoms with Crippen molar-refractivity contribution in [3.63, 3.8) is 0 Å². The quantitative estimate of drug-likeness (QED) is 0.299. The van der Waals surface area contributed by atoms with Gasteiger partial charge in [-0.25, -0.2) is 0 Å². The molecule has 0 aromatic heterocycles. The fraction of sp³-hybridized carbons (Fsp3) is 0.111. The molecule has 0 aliphatic heterocycles. The van der Waals surface area contributed by atoms with Crippen LogP contribution in [0.1, 0.15) is 5.56 Å². The second-order valence-electron chi connectivity index (χ2n) is 2.51. The summed E-state index contributed by atoms with van der Waals surface area (Å²) >= 11 is 0. The molecule has 0 saturated heterocycles. The number of hydrogen-bond donors (Lipinski definition) is 1. The zero-order valence-electron chi connectivity index (χ0n) is 7.36. The Morgan fingerprint density at radius 2 is 2.38 bits per heavy atom. The molecule has 1 aromatic carbocycles. The van der Waals surface area contributed by atoms with Gasteiger partial charge in [-0.05, 0) is 0 Å². The van der Waals surface area contributed by atoms with Gasteiger partial charge in [-0.3, -0.25) is 0 Å². The lowest BCUT2D eigenvalue weighted by atomic mass is 9.73. The predicted octanol–water partition coefficient (Wildman–Crippen LogP) is 0.251. The molecule has 0 amide bonds. The maximum Gasteiger partial charge on any atom is 0.207 e. The molecule has 0 saturated carbocycles. The van der Waals surface area contributed by atoms with E-state index in [1.165, 1.54) is 0 Å². The van der Waals surface area contributed by atoms with Crippen molar-refractivity contribution in [3.8, 4) is 6.19 Å². The number of nitrogens with two attached hydrogens (primary N) is 1. The van der Waals surface area contributed by atoms with Crippen molar-refractivity contribution in [2.75, 3.05) is 0 Å². The first kappa shape index (κ1) is 9.33. The standard InChI is InChI=1S/C9H9BN3/c1-10-8-4-2-3-7(5-8)9(12)13-6-11/h2-5H,1H3,(H2,12,13). The van der Waals surface area contributed by atoms with Gasteiger partial charge in [0.2, 0.25) is 6.19 Å². The Bertz CT molecular complexity index is 365. The third-order valence-electron chi connectivity index (χ3n) is 1.69. The van der Waals surface area contributed by atoms with E-state index in [0.717, 1.165) is 11.0 Å². The second kappa shape index (κ2) is 4.32. The van der Waals surface area contributed by atoms with E-state index in [1.807, 2.05) is 38.4 Å². The number of rotatable bonds is 2. The Labute approximate surface area is 78.1 Å². The second-order valence-corrected chi connectivity index (χ2v) is 2.51. The molecule has 0 fully saturated rings. The fourth-order valence-electron chi connectivity index (χ4n) is 0.996. The van der Waals surface area contributed by atoms with Crippen molar-refractivity contribution >= 4 is 18.6 Å². The van der Waals surface area contributed by atoms with Crippen molar-refractivity contribution < 1.29 is 0 Å². The fourth-order valence-corrected chi connectivity index (χ4v) is 0.996. The Morgan fingerprint density at radius 3 is 3.00 bits per heavy atom. The van der Waals surface area contributed by atoms with Gasteiger partial charge in [-0.1, -0.05) is 36.6 Å². The van der Waals surface area contributed by atoms with Crippen LogP contribution in [-0.4, -0.2) is 13.1 Å². The average molecular weight is 170 g/mol. The van der Waals surface area contributed by atoms with Crippen LogP contribution in [0.5, 0.6) is 0 Å². The van der Waals surface area contributed by atoms with E-state index in [2.05, 4.69) is 4.99 Å². The minimum Gasteiger partial charge on any atom is -0.383 e. The van der Waals surface area contributed by atoms with Gasteiger partial charge in [-0.2, -0.15) is 10.3 Å². The van der Waals surface area contributed by atoms with Gasteiger partial charge in [0.1, 0.15) is 13.1 Å². The zero-order chi connectivity index (χ0) is 9.68. The molecule has 4 heteroatoms. The first-order valence-electron chi connectivity index (χ1n) is 3.90. The van der Waals surface area contributed by atoms with E-state index in [0.29, 0.717) is 0 Å². The highest BCUT2D eigenvalue weighted by atomic mass is 14.8. The summed E-state index contributed by atoms with van der Waals surface area (Å²) < 4.78 is 0. The summed E-state index contributed by atoms with van der Waals surface area (Å²) in [7, 11) is 1.96. The number of hydrogen-bond acceptors (Lipinski definition) is 2. The highest BCUT2D eigenvalue weighted by Crippen LogP contribution is 1.95. The van der Waals surface area contributed by atoms with E-state index < -0.39 is 0 Å². The van der Waals surface area contributed by atoms with Gasteiger partial charge in [0, 0.05) is 5.56 Å². The van der Waals surface area contributed by atoms with Crippen molar-refractivity contribution in [2.45, 2.75) is 6.82 Å². The predicted molar refractivity (Wildman–Crippen MR) is 54.0 cm³/mol. The lowest BCUT2D eigenvalue weighted by Crippen LogP contribution is -2.17. The summed E-state index contributed by atoms with van der Waals surface area (Å²) in [6.45, 7) is 1.94. The molecule has 2 N–H and O–H groups in total. The first-order chi connectivity index (χ1) is 6.27. The molecule has 0 aliphatic rings. The number of amidine groups is 1. The van der Waals surface area contributed by atoms with Crippen molar-refractivity contribution in [1.82, 2.24) is 0 Å². The molecular formula is C9H9BN3. The molecule has 13 heavy (non-hydrogen) atoms. The highest BCUT2D eigenvalue weighted by Gasteiger charge is 1.98. The summed E-state index contributed by atoms with van der Waals surface area (Å²) in [5.74, 6) is 0.256. The normalized spacial score (nSPS) is 10.6. The molecule has 0 atom stereocenters. The SMILES string of the molecule is C[B]c1cccc(C(N)=NC#N)c1. The van der Waals surface area contributed by atoms with E-state index >= 15 is 0 Å². The lowest BCUT2D eigenvalue weighted by molar-refractivity contribution is 1.41. The van der Waals surface area contributed by atoms with Crippen LogP contribution in [0, 0.1) is 11.5 Å². The Kier molecular flexibility index (Phi) is 3.10. The van der Waals surface area contributed by atoms with Crippen LogP contribution in [0.25, 0.3) is 0 Å². The van der Waals surface area contributed by atoms with E-state index in [9.17, 15) is 0 Å². The van der Waals surface area contributed by atoms with Gasteiger partial charge in [-0.15, -0.1) is 0 Å². The summed E-state index contributed by atoms with van der Waals surface area (Å²) in [6.07, 6.45) is 1.66.